The Morgan fingerprint density at radius 3 is 2.56 bits per heavy atom. The highest BCUT2D eigenvalue weighted by Gasteiger charge is 2.26. The maximum absolute atomic E-state index is 2.50. The van der Waals surface area contributed by atoms with E-state index in [2.05, 4.69) is 55.3 Å². The van der Waals surface area contributed by atoms with Gasteiger partial charge >= 0.3 is 0 Å². The quantitative estimate of drug-likeness (QED) is 0.758. The minimum atomic E-state index is 0.684. The largest absolute Gasteiger partial charge is 0.300 e. The van der Waals surface area contributed by atoms with Crippen LogP contribution in [0.5, 0.6) is 0 Å². The highest BCUT2D eigenvalue weighted by atomic mass is 15.1. The number of hydrogen-bond donors (Lipinski definition) is 0. The summed E-state index contributed by atoms with van der Waals surface area (Å²) in [6, 6.07) is 9.59. The van der Waals surface area contributed by atoms with Gasteiger partial charge in [-0.25, -0.2) is 0 Å². The zero-order chi connectivity index (χ0) is 12.5. The molecule has 1 aromatic rings. The zero-order valence-corrected chi connectivity index (χ0v) is 11.3. The van der Waals surface area contributed by atoms with Crippen LogP contribution in [0.2, 0.25) is 0 Å². The van der Waals surface area contributed by atoms with Gasteiger partial charge in [0, 0.05) is 6.04 Å². The van der Waals surface area contributed by atoms with Crippen molar-refractivity contribution in [1.29, 1.82) is 0 Å². The molecular weight excluding hydrogens is 218 g/mol. The van der Waals surface area contributed by atoms with Gasteiger partial charge in [-0.1, -0.05) is 42.0 Å². The molecule has 0 bridgehead atoms. The number of hydrogen-bond acceptors (Lipinski definition) is 1. The molecule has 1 atom stereocenters. The van der Waals surface area contributed by atoms with Crippen LogP contribution < -0.4 is 0 Å². The predicted molar refractivity (Wildman–Crippen MR) is 77.5 cm³/mol. The molecule has 1 aliphatic carbocycles. The normalized spacial score (nSPS) is 24.2. The van der Waals surface area contributed by atoms with Gasteiger partial charge in [-0.15, -0.1) is 0 Å². The van der Waals surface area contributed by atoms with Crippen molar-refractivity contribution in [2.24, 2.45) is 0 Å². The first-order chi connectivity index (χ1) is 8.74. The van der Waals surface area contributed by atoms with Gasteiger partial charge in [-0.2, -0.15) is 0 Å². The van der Waals surface area contributed by atoms with Crippen molar-refractivity contribution < 1.29 is 0 Å². The molecule has 1 nitrogen and oxygen atoms in total. The Morgan fingerprint density at radius 2 is 1.89 bits per heavy atom. The first-order valence-corrected chi connectivity index (χ1v) is 6.91. The van der Waals surface area contributed by atoms with Crippen LogP contribution in [0.15, 0.2) is 42.0 Å². The molecule has 0 saturated carbocycles. The van der Waals surface area contributed by atoms with E-state index in [-0.39, 0.29) is 0 Å². The SMILES string of the molecule is Cc1ccc(C2=CC=C(C3CCCN3C)C2)cc1. The molecule has 1 unspecified atom stereocenters. The molecule has 0 amide bonds. The first kappa shape index (κ1) is 11.7. The van der Waals surface area contributed by atoms with Crippen LogP contribution in [0.3, 0.4) is 0 Å². The Kier molecular flexibility index (Phi) is 3.09. The molecule has 0 radical (unpaired) electrons. The fraction of sp³-hybridized carbons (Fsp3) is 0.412. The van der Waals surface area contributed by atoms with Crippen LogP contribution in [0, 0.1) is 6.92 Å². The highest BCUT2D eigenvalue weighted by Crippen LogP contribution is 2.34. The van der Waals surface area contributed by atoms with Crippen LogP contribution in [-0.2, 0) is 0 Å². The summed E-state index contributed by atoms with van der Waals surface area (Å²) in [5, 5.41) is 0. The molecule has 1 saturated heterocycles. The molecular formula is C17H21N. The van der Waals surface area contributed by atoms with E-state index in [1.807, 2.05) is 0 Å². The Bertz CT molecular complexity index is 493. The number of rotatable bonds is 2. The summed E-state index contributed by atoms with van der Waals surface area (Å²) in [4.78, 5) is 2.50. The molecule has 0 aromatic heterocycles. The van der Waals surface area contributed by atoms with E-state index in [0.29, 0.717) is 6.04 Å². The van der Waals surface area contributed by atoms with E-state index >= 15 is 0 Å². The van der Waals surface area contributed by atoms with Crippen LogP contribution in [-0.4, -0.2) is 24.5 Å². The van der Waals surface area contributed by atoms with E-state index in [9.17, 15) is 0 Å². The fourth-order valence-corrected chi connectivity index (χ4v) is 3.12. The summed E-state index contributed by atoms with van der Waals surface area (Å²) < 4.78 is 0. The van der Waals surface area contributed by atoms with Crippen LogP contribution in [0.1, 0.15) is 30.4 Å². The maximum Gasteiger partial charge on any atom is 0.0311 e. The third-order valence-electron chi connectivity index (χ3n) is 4.26. The van der Waals surface area contributed by atoms with Gasteiger partial charge in [0.1, 0.15) is 0 Å². The second-order valence-corrected chi connectivity index (χ2v) is 5.61. The second kappa shape index (κ2) is 4.74. The van der Waals surface area contributed by atoms with Crippen molar-refractivity contribution >= 4 is 5.57 Å². The number of likely N-dealkylation sites (N-methyl/N-ethyl adjacent to an activating group) is 1. The van der Waals surface area contributed by atoms with Gasteiger partial charge in [-0.05, 0) is 56.5 Å². The van der Waals surface area contributed by atoms with Gasteiger partial charge in [0.25, 0.3) is 0 Å². The summed E-state index contributed by atoms with van der Waals surface area (Å²) in [6.45, 7) is 3.39. The molecule has 1 fully saturated rings. The van der Waals surface area contributed by atoms with E-state index < -0.39 is 0 Å². The minimum Gasteiger partial charge on any atom is -0.300 e. The van der Waals surface area contributed by atoms with E-state index in [4.69, 9.17) is 0 Å². The fourth-order valence-electron chi connectivity index (χ4n) is 3.12. The molecule has 0 spiro atoms. The maximum atomic E-state index is 2.50. The molecule has 1 aliphatic heterocycles. The monoisotopic (exact) mass is 239 g/mol. The number of nitrogens with zero attached hydrogens (tertiary/aromatic N) is 1. The van der Waals surface area contributed by atoms with Crippen LogP contribution in [0.4, 0.5) is 0 Å². The molecule has 2 aliphatic rings. The van der Waals surface area contributed by atoms with E-state index in [1.54, 1.807) is 5.57 Å². The average Bonchev–Trinajstić information content (AvgIpc) is 2.98. The van der Waals surface area contributed by atoms with Gasteiger partial charge < -0.3 is 0 Å². The number of allylic oxidation sites excluding steroid dienone is 3. The van der Waals surface area contributed by atoms with E-state index in [0.717, 1.165) is 6.42 Å². The Labute approximate surface area is 110 Å². The first-order valence-electron chi connectivity index (χ1n) is 6.91. The van der Waals surface area contributed by atoms with Crippen molar-refractivity contribution in [3.05, 3.63) is 53.1 Å². The topological polar surface area (TPSA) is 3.24 Å². The van der Waals surface area contributed by atoms with Gasteiger partial charge in [-0.3, -0.25) is 4.90 Å². The number of likely N-dealkylation sites (tertiary alicyclic amines) is 1. The van der Waals surface area contributed by atoms with Crippen LogP contribution >= 0.6 is 0 Å². The second-order valence-electron chi connectivity index (χ2n) is 5.61. The Hall–Kier alpha value is -1.34. The summed E-state index contributed by atoms with van der Waals surface area (Å²) in [6.07, 6.45) is 8.47. The zero-order valence-electron chi connectivity index (χ0n) is 11.3. The third kappa shape index (κ3) is 2.15. The highest BCUT2D eigenvalue weighted by molar-refractivity contribution is 5.72. The summed E-state index contributed by atoms with van der Waals surface area (Å²) in [7, 11) is 2.25. The summed E-state index contributed by atoms with van der Waals surface area (Å²) >= 11 is 0. The predicted octanol–water partition coefficient (Wildman–Crippen LogP) is 3.80. The molecule has 1 heterocycles. The Morgan fingerprint density at radius 1 is 1.11 bits per heavy atom. The van der Waals surface area contributed by atoms with E-state index in [1.165, 1.54) is 36.1 Å². The minimum absolute atomic E-state index is 0.684. The van der Waals surface area contributed by atoms with Crippen molar-refractivity contribution in [2.75, 3.05) is 13.6 Å². The molecule has 18 heavy (non-hydrogen) atoms. The standard InChI is InChI=1S/C17H21N/c1-13-5-7-14(8-6-13)15-9-10-16(12-15)17-4-3-11-18(17)2/h5-10,17H,3-4,11-12H2,1-2H3. The van der Waals surface area contributed by atoms with Crippen LogP contribution in [0.25, 0.3) is 5.57 Å². The summed E-state index contributed by atoms with van der Waals surface area (Å²) in [5.41, 5.74) is 5.80. The Balaban J connectivity index is 1.71. The lowest BCUT2D eigenvalue weighted by Crippen LogP contribution is -2.26. The summed E-state index contributed by atoms with van der Waals surface area (Å²) in [5.74, 6) is 0. The third-order valence-corrected chi connectivity index (χ3v) is 4.26. The van der Waals surface area contributed by atoms with Crippen molar-refractivity contribution in [2.45, 2.75) is 32.2 Å². The van der Waals surface area contributed by atoms with Crippen molar-refractivity contribution in [3.8, 4) is 0 Å². The average molecular weight is 239 g/mol. The molecule has 1 heteroatoms. The number of aryl methyl sites for hydroxylation is 1. The van der Waals surface area contributed by atoms with Gasteiger partial charge in [0.05, 0.1) is 0 Å². The lowest BCUT2D eigenvalue weighted by atomic mass is 9.97. The van der Waals surface area contributed by atoms with Crippen molar-refractivity contribution in [1.82, 2.24) is 4.90 Å². The van der Waals surface area contributed by atoms with Gasteiger partial charge in [0.15, 0.2) is 0 Å². The molecule has 3 rings (SSSR count). The molecule has 94 valence electrons. The van der Waals surface area contributed by atoms with Crippen molar-refractivity contribution in [3.63, 3.8) is 0 Å². The smallest absolute Gasteiger partial charge is 0.0311 e. The lowest BCUT2D eigenvalue weighted by Gasteiger charge is -2.21. The number of benzene rings is 1. The lowest BCUT2D eigenvalue weighted by molar-refractivity contribution is 0.343. The molecule has 0 N–H and O–H groups in total. The van der Waals surface area contributed by atoms with Gasteiger partial charge in [0.2, 0.25) is 0 Å². The molecule has 1 aromatic carbocycles.